The summed E-state index contributed by atoms with van der Waals surface area (Å²) >= 11 is 1.35. The first-order valence-corrected chi connectivity index (χ1v) is 13.2. The molecule has 2 aromatic carbocycles. The third-order valence-corrected chi connectivity index (χ3v) is 7.09. The maximum Gasteiger partial charge on any atom is 0.319 e. The Morgan fingerprint density at radius 2 is 1.73 bits per heavy atom. The topological polar surface area (TPSA) is 92.3 Å². The van der Waals surface area contributed by atoms with Gasteiger partial charge in [0.15, 0.2) is 11.6 Å². The molecule has 10 heteroatoms. The van der Waals surface area contributed by atoms with E-state index < -0.39 is 17.7 Å². The smallest absolute Gasteiger partial charge is 0.319 e. The van der Waals surface area contributed by atoms with Crippen molar-refractivity contribution in [2.75, 3.05) is 5.32 Å². The first-order chi connectivity index (χ1) is 17.8. The van der Waals surface area contributed by atoms with Crippen molar-refractivity contribution < 1.29 is 23.1 Å². The Balaban J connectivity index is 1.30. The number of urea groups is 1. The number of thiazole rings is 1. The SMILES string of the molecule is CC(C)c1ccc(OCc2nc(C(=O)N[C@@H]3CCCC[C@@H]3NC(=O)Nc3ccc(F)c(F)c3)cs2)cc1. The van der Waals surface area contributed by atoms with Gasteiger partial charge in [-0.1, -0.05) is 38.8 Å². The first-order valence-electron chi connectivity index (χ1n) is 12.3. The van der Waals surface area contributed by atoms with Gasteiger partial charge in [0.1, 0.15) is 23.1 Å². The summed E-state index contributed by atoms with van der Waals surface area (Å²) in [5.41, 5.74) is 1.67. The van der Waals surface area contributed by atoms with Crippen molar-refractivity contribution in [2.45, 2.75) is 64.1 Å². The molecule has 3 N–H and O–H groups in total. The lowest BCUT2D eigenvalue weighted by Gasteiger charge is -2.32. The third-order valence-electron chi connectivity index (χ3n) is 6.27. The van der Waals surface area contributed by atoms with Crippen LogP contribution in [0.1, 0.15) is 66.5 Å². The molecule has 2 atom stereocenters. The summed E-state index contributed by atoms with van der Waals surface area (Å²) in [5.74, 6) is -1.16. The second kappa shape index (κ2) is 12.1. The molecule has 4 rings (SSSR count). The molecular weight excluding hydrogens is 498 g/mol. The second-order valence-electron chi connectivity index (χ2n) is 9.34. The minimum absolute atomic E-state index is 0.140. The maximum atomic E-state index is 13.4. The molecule has 196 valence electrons. The number of carbonyl (C=O) groups excluding carboxylic acids is 2. The van der Waals surface area contributed by atoms with E-state index in [1.165, 1.54) is 23.0 Å². The number of nitrogens with zero attached hydrogens (tertiary/aromatic N) is 1. The van der Waals surface area contributed by atoms with Crippen molar-refractivity contribution >= 4 is 29.0 Å². The number of benzene rings is 2. The fourth-order valence-electron chi connectivity index (χ4n) is 4.20. The summed E-state index contributed by atoms with van der Waals surface area (Å²) in [7, 11) is 0. The van der Waals surface area contributed by atoms with E-state index in [2.05, 4.69) is 34.8 Å². The molecule has 1 aliphatic carbocycles. The number of carbonyl (C=O) groups is 2. The molecule has 3 amide bonds. The molecule has 37 heavy (non-hydrogen) atoms. The highest BCUT2D eigenvalue weighted by Gasteiger charge is 2.29. The van der Waals surface area contributed by atoms with Crippen molar-refractivity contribution in [3.05, 3.63) is 75.7 Å². The first kappa shape index (κ1) is 26.5. The van der Waals surface area contributed by atoms with Crippen LogP contribution in [0.4, 0.5) is 19.3 Å². The summed E-state index contributed by atoms with van der Waals surface area (Å²) in [6.45, 7) is 4.53. The average molecular weight is 529 g/mol. The molecule has 0 spiro atoms. The normalized spacial score (nSPS) is 17.3. The van der Waals surface area contributed by atoms with Crippen LogP contribution in [0.2, 0.25) is 0 Å². The van der Waals surface area contributed by atoms with Gasteiger partial charge in [-0.15, -0.1) is 11.3 Å². The average Bonchev–Trinajstić information content (AvgIpc) is 3.36. The quantitative estimate of drug-likeness (QED) is 0.335. The number of rotatable bonds is 8. The molecule has 7 nitrogen and oxygen atoms in total. The standard InChI is InChI=1S/C27H30F2N4O3S/c1-16(2)17-7-10-19(11-8-17)36-14-25-31-24(15-37-25)26(34)32-22-5-3-4-6-23(22)33-27(35)30-18-9-12-20(28)21(29)13-18/h7-13,15-16,22-23H,3-6,14H2,1-2H3,(H,32,34)(H2,30,33,35)/t22-,23+/m1/s1. The lowest BCUT2D eigenvalue weighted by molar-refractivity contribution is 0.0911. The Hall–Kier alpha value is -3.53. The van der Waals surface area contributed by atoms with E-state index in [9.17, 15) is 18.4 Å². The Morgan fingerprint density at radius 3 is 2.41 bits per heavy atom. The zero-order chi connectivity index (χ0) is 26.4. The molecule has 0 unspecified atom stereocenters. The Bertz CT molecular complexity index is 1230. The Kier molecular flexibility index (Phi) is 8.70. The van der Waals surface area contributed by atoms with Crippen LogP contribution in [0.3, 0.4) is 0 Å². The molecule has 1 fully saturated rings. The van der Waals surface area contributed by atoms with Gasteiger partial charge in [-0.25, -0.2) is 18.6 Å². The number of hydrogen-bond acceptors (Lipinski definition) is 5. The van der Waals surface area contributed by atoms with Crippen molar-refractivity contribution in [1.29, 1.82) is 0 Å². The molecule has 1 heterocycles. The van der Waals surface area contributed by atoms with Crippen LogP contribution in [-0.4, -0.2) is 29.0 Å². The second-order valence-corrected chi connectivity index (χ2v) is 10.3. The van der Waals surface area contributed by atoms with Gasteiger partial charge < -0.3 is 20.7 Å². The summed E-state index contributed by atoms with van der Waals surface area (Å²) in [5, 5.41) is 10.7. The van der Waals surface area contributed by atoms with Gasteiger partial charge in [-0.2, -0.15) is 0 Å². The van der Waals surface area contributed by atoms with Crippen LogP contribution < -0.4 is 20.7 Å². The minimum Gasteiger partial charge on any atom is -0.486 e. The number of anilines is 1. The number of ether oxygens (including phenoxy) is 1. The molecule has 0 saturated heterocycles. The van der Waals surface area contributed by atoms with Gasteiger partial charge in [0.2, 0.25) is 0 Å². The van der Waals surface area contributed by atoms with E-state index >= 15 is 0 Å². The van der Waals surface area contributed by atoms with Crippen LogP contribution in [0.25, 0.3) is 0 Å². The molecule has 0 bridgehead atoms. The number of halogens is 2. The van der Waals surface area contributed by atoms with Crippen molar-refractivity contribution in [3.8, 4) is 5.75 Å². The summed E-state index contributed by atoms with van der Waals surface area (Å²) in [6.07, 6.45) is 3.20. The fraction of sp³-hybridized carbons (Fsp3) is 0.370. The van der Waals surface area contributed by atoms with E-state index in [1.54, 1.807) is 5.38 Å². The Labute approximate surface area is 218 Å². The highest BCUT2D eigenvalue weighted by atomic mass is 32.1. The van der Waals surface area contributed by atoms with E-state index in [1.807, 2.05) is 24.3 Å². The molecule has 0 radical (unpaired) electrons. The highest BCUT2D eigenvalue weighted by Crippen LogP contribution is 2.22. The summed E-state index contributed by atoms with van der Waals surface area (Å²) in [6, 6.07) is 9.93. The lowest BCUT2D eigenvalue weighted by Crippen LogP contribution is -2.54. The van der Waals surface area contributed by atoms with E-state index in [0.29, 0.717) is 29.5 Å². The Morgan fingerprint density at radius 1 is 1.03 bits per heavy atom. The maximum absolute atomic E-state index is 13.4. The number of amides is 3. The zero-order valence-corrected chi connectivity index (χ0v) is 21.5. The van der Waals surface area contributed by atoms with Crippen LogP contribution in [-0.2, 0) is 6.61 Å². The minimum atomic E-state index is -1.04. The number of hydrogen-bond donors (Lipinski definition) is 3. The molecule has 1 aliphatic rings. The third kappa shape index (κ3) is 7.25. The van der Waals surface area contributed by atoms with E-state index in [0.717, 1.165) is 30.7 Å². The zero-order valence-electron chi connectivity index (χ0n) is 20.7. The predicted molar refractivity (Wildman–Crippen MR) is 139 cm³/mol. The van der Waals surface area contributed by atoms with Crippen molar-refractivity contribution in [3.63, 3.8) is 0 Å². The van der Waals surface area contributed by atoms with Gasteiger partial charge in [0.25, 0.3) is 5.91 Å². The summed E-state index contributed by atoms with van der Waals surface area (Å²) < 4.78 is 32.4. The number of nitrogens with one attached hydrogen (secondary N) is 3. The summed E-state index contributed by atoms with van der Waals surface area (Å²) in [4.78, 5) is 29.7. The van der Waals surface area contributed by atoms with Gasteiger partial charge in [-0.05, 0) is 48.6 Å². The van der Waals surface area contributed by atoms with E-state index in [-0.39, 0.29) is 30.3 Å². The van der Waals surface area contributed by atoms with E-state index in [4.69, 9.17) is 4.74 Å². The van der Waals surface area contributed by atoms with Crippen LogP contribution in [0.5, 0.6) is 5.75 Å². The van der Waals surface area contributed by atoms with Gasteiger partial charge >= 0.3 is 6.03 Å². The molecule has 3 aromatic rings. The molecule has 0 aliphatic heterocycles. The predicted octanol–water partition coefficient (Wildman–Crippen LogP) is 5.99. The molecule has 1 aromatic heterocycles. The fourth-order valence-corrected chi connectivity index (χ4v) is 4.89. The van der Waals surface area contributed by atoms with Gasteiger partial charge in [0.05, 0.1) is 6.04 Å². The largest absolute Gasteiger partial charge is 0.486 e. The number of aromatic nitrogens is 1. The van der Waals surface area contributed by atoms with Crippen molar-refractivity contribution in [2.24, 2.45) is 0 Å². The van der Waals surface area contributed by atoms with Gasteiger partial charge in [-0.3, -0.25) is 4.79 Å². The van der Waals surface area contributed by atoms with Crippen LogP contribution >= 0.6 is 11.3 Å². The molecular formula is C27H30F2N4O3S. The van der Waals surface area contributed by atoms with Crippen molar-refractivity contribution in [1.82, 2.24) is 15.6 Å². The van der Waals surface area contributed by atoms with Crippen LogP contribution in [0, 0.1) is 11.6 Å². The van der Waals surface area contributed by atoms with Gasteiger partial charge in [0, 0.05) is 23.2 Å². The lowest BCUT2D eigenvalue weighted by atomic mass is 9.90. The highest BCUT2D eigenvalue weighted by molar-refractivity contribution is 7.09. The monoisotopic (exact) mass is 528 g/mol. The van der Waals surface area contributed by atoms with Crippen LogP contribution in [0.15, 0.2) is 47.8 Å². The molecule has 1 saturated carbocycles.